The van der Waals surface area contributed by atoms with Crippen molar-refractivity contribution in [1.82, 2.24) is 5.06 Å². The molecule has 2 rings (SSSR count). The average Bonchev–Trinajstić information content (AvgIpc) is 2.74. The second kappa shape index (κ2) is 6.93. The van der Waals surface area contributed by atoms with Crippen molar-refractivity contribution in [2.24, 2.45) is 0 Å². The van der Waals surface area contributed by atoms with Crippen molar-refractivity contribution >= 4 is 51.1 Å². The molecular formula is C12H9Cl2NO8S. The number of rotatable bonds is 5. The molecular weight excluding hydrogens is 389 g/mol. The van der Waals surface area contributed by atoms with E-state index in [0.717, 1.165) is 0 Å². The first-order valence-electron chi connectivity index (χ1n) is 6.21. The lowest BCUT2D eigenvalue weighted by Crippen LogP contribution is -2.37. The minimum Gasteiger partial charge on any atom is -0.480 e. The number of imide groups is 1. The van der Waals surface area contributed by atoms with Gasteiger partial charge in [-0.15, -0.1) is 5.06 Å². The highest BCUT2D eigenvalue weighted by Gasteiger charge is 2.48. The van der Waals surface area contributed by atoms with E-state index in [1.807, 2.05) is 0 Å². The van der Waals surface area contributed by atoms with E-state index < -0.39 is 46.2 Å². The molecule has 0 unspecified atom stereocenters. The summed E-state index contributed by atoms with van der Waals surface area (Å²) in [6.45, 7) is -0.713. The van der Waals surface area contributed by atoms with Gasteiger partial charge in [0.15, 0.2) is 11.9 Å². The summed E-state index contributed by atoms with van der Waals surface area (Å²) >= 11 is 11.5. The summed E-state index contributed by atoms with van der Waals surface area (Å²) in [5, 5.41) is -1.55. The van der Waals surface area contributed by atoms with Crippen LogP contribution in [-0.2, 0) is 29.3 Å². The maximum absolute atomic E-state index is 11.7. The molecule has 130 valence electrons. The predicted molar refractivity (Wildman–Crippen MR) is 79.9 cm³/mol. The molecule has 1 saturated heterocycles. The number of carbonyl (C=O) groups is 3. The molecule has 1 heterocycles. The monoisotopic (exact) mass is 397 g/mol. The summed E-state index contributed by atoms with van der Waals surface area (Å²) in [6, 6.07) is 4.21. The van der Waals surface area contributed by atoms with Crippen LogP contribution < -0.4 is 4.74 Å². The number of hydrogen-bond donors (Lipinski definition) is 1. The van der Waals surface area contributed by atoms with Gasteiger partial charge in [-0.1, -0.05) is 23.2 Å². The summed E-state index contributed by atoms with van der Waals surface area (Å²) < 4.78 is 35.8. The Hall–Kier alpha value is -1.88. The average molecular weight is 398 g/mol. The number of hydrogen-bond acceptors (Lipinski definition) is 7. The molecule has 0 aliphatic carbocycles. The number of nitrogens with zero attached hydrogens (tertiary/aromatic N) is 1. The fraction of sp³-hybridized carbons (Fsp3) is 0.250. The molecule has 1 aliphatic heterocycles. The predicted octanol–water partition coefficient (Wildman–Crippen LogP) is 0.846. The van der Waals surface area contributed by atoms with Crippen molar-refractivity contribution in [3.63, 3.8) is 0 Å². The third kappa shape index (κ3) is 4.15. The quantitative estimate of drug-likeness (QED) is 0.571. The van der Waals surface area contributed by atoms with E-state index in [-0.39, 0.29) is 15.8 Å². The van der Waals surface area contributed by atoms with Crippen LogP contribution in [0.15, 0.2) is 18.2 Å². The third-order valence-corrected chi connectivity index (χ3v) is 4.47. The van der Waals surface area contributed by atoms with E-state index in [1.54, 1.807) is 0 Å². The zero-order chi connectivity index (χ0) is 18.1. The molecule has 1 atom stereocenters. The second-order valence-corrected chi connectivity index (χ2v) is 7.00. The first-order valence-corrected chi connectivity index (χ1v) is 8.47. The highest BCUT2D eigenvalue weighted by Crippen LogP contribution is 2.27. The van der Waals surface area contributed by atoms with E-state index >= 15 is 0 Å². The van der Waals surface area contributed by atoms with Crippen LogP contribution >= 0.6 is 23.2 Å². The lowest BCUT2D eigenvalue weighted by Gasteiger charge is -2.14. The number of halogens is 2. The van der Waals surface area contributed by atoms with E-state index in [4.69, 9.17) is 32.5 Å². The van der Waals surface area contributed by atoms with Crippen molar-refractivity contribution in [3.05, 3.63) is 28.2 Å². The Bertz CT molecular complexity index is 809. The molecule has 12 heteroatoms. The molecule has 2 amide bonds. The number of ether oxygens (including phenoxy) is 1. The highest BCUT2D eigenvalue weighted by atomic mass is 35.5. The standard InChI is InChI=1S/C12H9Cl2NO8S/c13-6-1-2-8(7(14)3-6)22-5-11(17)23-15-10(16)4-9(12(15)18)24(19,20)21/h1-3,9H,4-5H2,(H,19,20,21)/t9-/m0/s1. The van der Waals surface area contributed by atoms with E-state index in [9.17, 15) is 22.8 Å². The first-order chi connectivity index (χ1) is 11.1. The van der Waals surface area contributed by atoms with Gasteiger partial charge in [0.2, 0.25) is 0 Å². The van der Waals surface area contributed by atoms with Gasteiger partial charge in [0.1, 0.15) is 5.75 Å². The molecule has 1 aromatic rings. The number of hydroxylamine groups is 2. The van der Waals surface area contributed by atoms with Crippen LogP contribution in [0.5, 0.6) is 5.75 Å². The van der Waals surface area contributed by atoms with Crippen molar-refractivity contribution in [1.29, 1.82) is 0 Å². The van der Waals surface area contributed by atoms with Crippen LogP contribution in [0.1, 0.15) is 6.42 Å². The fourth-order valence-corrected chi connectivity index (χ4v) is 2.94. The molecule has 1 aliphatic rings. The van der Waals surface area contributed by atoms with Gasteiger partial charge in [-0.2, -0.15) is 8.42 Å². The lowest BCUT2D eigenvalue weighted by atomic mass is 10.3. The lowest BCUT2D eigenvalue weighted by molar-refractivity contribution is -0.198. The van der Waals surface area contributed by atoms with Gasteiger partial charge in [0.25, 0.3) is 21.9 Å². The molecule has 0 saturated carbocycles. The number of amides is 2. The summed E-state index contributed by atoms with van der Waals surface area (Å²) in [5.41, 5.74) is 0. The van der Waals surface area contributed by atoms with Gasteiger partial charge in [-0.25, -0.2) is 4.79 Å². The normalized spacial score (nSPS) is 18.0. The van der Waals surface area contributed by atoms with E-state index in [2.05, 4.69) is 4.84 Å². The Morgan fingerprint density at radius 3 is 2.54 bits per heavy atom. The molecule has 1 aromatic carbocycles. The number of benzene rings is 1. The van der Waals surface area contributed by atoms with Gasteiger partial charge in [-0.3, -0.25) is 14.1 Å². The summed E-state index contributed by atoms with van der Waals surface area (Å²) in [7, 11) is -4.78. The molecule has 0 radical (unpaired) electrons. The molecule has 0 bridgehead atoms. The van der Waals surface area contributed by atoms with Crippen LogP contribution in [0.25, 0.3) is 0 Å². The first kappa shape index (κ1) is 18.5. The minimum atomic E-state index is -4.78. The summed E-state index contributed by atoms with van der Waals surface area (Å²) in [4.78, 5) is 39.3. The van der Waals surface area contributed by atoms with Crippen molar-refractivity contribution in [3.8, 4) is 5.75 Å². The Morgan fingerprint density at radius 2 is 2.00 bits per heavy atom. The molecule has 9 nitrogen and oxygen atoms in total. The van der Waals surface area contributed by atoms with Crippen LogP contribution in [-0.4, -0.2) is 47.7 Å². The largest absolute Gasteiger partial charge is 0.480 e. The van der Waals surface area contributed by atoms with Crippen LogP contribution in [0.4, 0.5) is 0 Å². The maximum atomic E-state index is 11.7. The molecule has 1 N–H and O–H groups in total. The number of carbonyl (C=O) groups excluding carboxylic acids is 3. The van der Waals surface area contributed by atoms with Crippen molar-refractivity contribution in [2.75, 3.05) is 6.61 Å². The van der Waals surface area contributed by atoms with Crippen molar-refractivity contribution in [2.45, 2.75) is 11.7 Å². The van der Waals surface area contributed by atoms with Gasteiger partial charge in [-0.05, 0) is 18.2 Å². The van der Waals surface area contributed by atoms with Gasteiger partial charge in [0.05, 0.1) is 11.4 Å². The molecule has 1 fully saturated rings. The van der Waals surface area contributed by atoms with Crippen LogP contribution in [0.2, 0.25) is 10.0 Å². The zero-order valence-electron chi connectivity index (χ0n) is 11.6. The summed E-state index contributed by atoms with van der Waals surface area (Å²) in [5.74, 6) is -3.49. The molecule has 0 spiro atoms. The van der Waals surface area contributed by atoms with Crippen LogP contribution in [0.3, 0.4) is 0 Å². The SMILES string of the molecule is O=C(COc1ccc(Cl)cc1Cl)ON1C(=O)C[C@H](S(=O)(=O)O)C1=O. The molecule has 24 heavy (non-hydrogen) atoms. The third-order valence-electron chi connectivity index (χ3n) is 2.85. The smallest absolute Gasteiger partial charge is 0.370 e. The van der Waals surface area contributed by atoms with E-state index in [1.165, 1.54) is 18.2 Å². The zero-order valence-corrected chi connectivity index (χ0v) is 14.0. The Kier molecular flexibility index (Phi) is 5.33. The fourth-order valence-electron chi connectivity index (χ4n) is 1.77. The highest BCUT2D eigenvalue weighted by molar-refractivity contribution is 7.87. The Balaban J connectivity index is 1.97. The summed E-state index contributed by atoms with van der Waals surface area (Å²) in [6.07, 6.45) is -0.825. The maximum Gasteiger partial charge on any atom is 0.370 e. The van der Waals surface area contributed by atoms with Gasteiger partial charge in [0, 0.05) is 5.02 Å². The van der Waals surface area contributed by atoms with Crippen molar-refractivity contribution < 1.29 is 36.9 Å². The molecule has 0 aromatic heterocycles. The van der Waals surface area contributed by atoms with Gasteiger partial charge >= 0.3 is 5.97 Å². The minimum absolute atomic E-state index is 0.0202. The Labute approximate surface area is 145 Å². The Morgan fingerprint density at radius 1 is 1.33 bits per heavy atom. The second-order valence-electron chi connectivity index (χ2n) is 4.56. The van der Waals surface area contributed by atoms with E-state index in [0.29, 0.717) is 5.02 Å². The van der Waals surface area contributed by atoms with Crippen LogP contribution in [0, 0.1) is 0 Å². The topological polar surface area (TPSA) is 127 Å². The van der Waals surface area contributed by atoms with Gasteiger partial charge < -0.3 is 9.57 Å².